The molecule has 0 bridgehead atoms. The molecule has 6 heteroatoms. The summed E-state index contributed by atoms with van der Waals surface area (Å²) < 4.78 is 10.4. The molecule has 19 heavy (non-hydrogen) atoms. The van der Waals surface area contributed by atoms with Gasteiger partial charge in [-0.15, -0.1) is 11.8 Å². The lowest BCUT2D eigenvalue weighted by molar-refractivity contribution is -0.147. The topological polar surface area (TPSA) is 55.8 Å². The van der Waals surface area contributed by atoms with E-state index in [1.54, 1.807) is 4.90 Å². The van der Waals surface area contributed by atoms with Crippen LogP contribution in [-0.2, 0) is 14.3 Å². The van der Waals surface area contributed by atoms with Gasteiger partial charge in [0.05, 0.1) is 5.92 Å². The number of rotatable bonds is 3. The summed E-state index contributed by atoms with van der Waals surface area (Å²) in [6.07, 6.45) is 2.88. The molecule has 0 N–H and O–H groups in total. The van der Waals surface area contributed by atoms with E-state index in [9.17, 15) is 9.59 Å². The number of nitrogens with zero attached hydrogens (tertiary/aromatic N) is 1. The van der Waals surface area contributed by atoms with Gasteiger partial charge in [-0.25, -0.2) is 4.79 Å². The van der Waals surface area contributed by atoms with Crippen molar-refractivity contribution in [2.45, 2.75) is 39.2 Å². The Hall–Kier alpha value is -0.910. The van der Waals surface area contributed by atoms with Crippen molar-refractivity contribution in [3.05, 3.63) is 0 Å². The van der Waals surface area contributed by atoms with Crippen molar-refractivity contribution in [2.24, 2.45) is 5.92 Å². The number of thioether (sulfide) groups is 1. The van der Waals surface area contributed by atoms with E-state index in [1.165, 1.54) is 11.8 Å². The molecule has 5 nitrogen and oxygen atoms in total. The van der Waals surface area contributed by atoms with E-state index in [0.29, 0.717) is 31.9 Å². The van der Waals surface area contributed by atoms with Crippen molar-refractivity contribution in [1.82, 2.24) is 4.90 Å². The van der Waals surface area contributed by atoms with Gasteiger partial charge < -0.3 is 14.4 Å². The Bertz CT molecular complexity index is 319. The number of amides is 1. The second-order valence-corrected chi connectivity index (χ2v) is 6.42. The Kier molecular flexibility index (Phi) is 5.97. The van der Waals surface area contributed by atoms with E-state index in [2.05, 4.69) is 0 Å². The molecule has 1 heterocycles. The SMILES string of the molecule is CSCOC(=O)C1CCN(C(=O)OC(C)(C)C)CC1. The molecule has 0 aliphatic carbocycles. The van der Waals surface area contributed by atoms with Crippen LogP contribution >= 0.6 is 11.8 Å². The van der Waals surface area contributed by atoms with Crippen molar-refractivity contribution in [3.63, 3.8) is 0 Å². The van der Waals surface area contributed by atoms with Crippen LogP contribution in [0, 0.1) is 5.92 Å². The lowest BCUT2D eigenvalue weighted by atomic mass is 9.97. The Balaban J connectivity index is 2.36. The fourth-order valence-corrected chi connectivity index (χ4v) is 2.09. The van der Waals surface area contributed by atoms with Gasteiger partial charge in [-0.1, -0.05) is 0 Å². The lowest BCUT2D eigenvalue weighted by Crippen LogP contribution is -2.43. The molecule has 0 radical (unpaired) electrons. The third-order valence-electron chi connectivity index (χ3n) is 2.80. The number of ether oxygens (including phenoxy) is 2. The van der Waals surface area contributed by atoms with Crippen molar-refractivity contribution in [1.29, 1.82) is 0 Å². The minimum atomic E-state index is -0.481. The number of esters is 1. The first kappa shape index (κ1) is 16.1. The number of carbonyl (C=O) groups excluding carboxylic acids is 2. The minimum absolute atomic E-state index is 0.0918. The molecular weight excluding hydrogens is 266 g/mol. The maximum absolute atomic E-state index is 11.8. The first-order valence-corrected chi connectivity index (χ1v) is 7.86. The van der Waals surface area contributed by atoms with Crippen molar-refractivity contribution < 1.29 is 19.1 Å². The largest absolute Gasteiger partial charge is 0.454 e. The quantitative estimate of drug-likeness (QED) is 0.590. The second kappa shape index (κ2) is 7.03. The molecule has 1 aliphatic rings. The zero-order valence-corrected chi connectivity index (χ0v) is 12.9. The van der Waals surface area contributed by atoms with Gasteiger partial charge in [0.1, 0.15) is 11.5 Å². The van der Waals surface area contributed by atoms with E-state index in [-0.39, 0.29) is 18.0 Å². The molecule has 0 saturated carbocycles. The van der Waals surface area contributed by atoms with Crippen molar-refractivity contribution in [2.75, 3.05) is 25.3 Å². The summed E-state index contributed by atoms with van der Waals surface area (Å²) >= 11 is 1.48. The van der Waals surface area contributed by atoms with E-state index in [4.69, 9.17) is 9.47 Å². The fourth-order valence-electron chi connectivity index (χ4n) is 1.86. The summed E-state index contributed by atoms with van der Waals surface area (Å²) in [5.41, 5.74) is -0.481. The van der Waals surface area contributed by atoms with Crippen LogP contribution in [0.15, 0.2) is 0 Å². The predicted molar refractivity (Wildman–Crippen MR) is 75.0 cm³/mol. The van der Waals surface area contributed by atoms with Gasteiger partial charge in [-0.3, -0.25) is 4.79 Å². The molecule has 0 spiro atoms. The lowest BCUT2D eigenvalue weighted by Gasteiger charge is -2.32. The Morgan fingerprint density at radius 3 is 2.32 bits per heavy atom. The number of likely N-dealkylation sites (tertiary alicyclic amines) is 1. The minimum Gasteiger partial charge on any atom is -0.454 e. The molecular formula is C13H23NO4S. The summed E-state index contributed by atoms with van der Waals surface area (Å²) in [5, 5.41) is 0. The highest BCUT2D eigenvalue weighted by atomic mass is 32.2. The van der Waals surface area contributed by atoms with Gasteiger partial charge in [0, 0.05) is 13.1 Å². The van der Waals surface area contributed by atoms with Crippen LogP contribution in [0.3, 0.4) is 0 Å². The molecule has 1 rings (SSSR count). The molecule has 1 fully saturated rings. The Morgan fingerprint density at radius 1 is 1.26 bits per heavy atom. The highest BCUT2D eigenvalue weighted by Gasteiger charge is 2.30. The third-order valence-corrected chi connectivity index (χ3v) is 3.15. The normalized spacial score (nSPS) is 17.2. The summed E-state index contributed by atoms with van der Waals surface area (Å²) in [4.78, 5) is 25.2. The van der Waals surface area contributed by atoms with Crippen LogP contribution in [0.4, 0.5) is 4.79 Å². The summed E-state index contributed by atoms with van der Waals surface area (Å²) in [6.45, 7) is 6.63. The summed E-state index contributed by atoms with van der Waals surface area (Å²) in [7, 11) is 0. The Morgan fingerprint density at radius 2 is 1.84 bits per heavy atom. The summed E-state index contributed by atoms with van der Waals surface area (Å²) in [6, 6.07) is 0. The van der Waals surface area contributed by atoms with Crippen LogP contribution in [-0.4, -0.2) is 47.8 Å². The van der Waals surface area contributed by atoms with Crippen molar-refractivity contribution in [3.8, 4) is 0 Å². The number of carbonyl (C=O) groups is 2. The van der Waals surface area contributed by atoms with E-state index in [0.717, 1.165) is 0 Å². The highest BCUT2D eigenvalue weighted by molar-refractivity contribution is 7.98. The molecule has 1 aliphatic heterocycles. The monoisotopic (exact) mass is 289 g/mol. The fraction of sp³-hybridized carbons (Fsp3) is 0.846. The standard InChI is InChI=1S/C13H23NO4S/c1-13(2,3)18-12(16)14-7-5-10(6-8-14)11(15)17-9-19-4/h10H,5-9H2,1-4H3. The predicted octanol–water partition coefficient (Wildman–Crippen LogP) is 2.50. The van der Waals surface area contributed by atoms with Gasteiger partial charge in [-0.2, -0.15) is 0 Å². The molecule has 0 atom stereocenters. The average Bonchev–Trinajstić information content (AvgIpc) is 2.34. The third kappa shape index (κ3) is 5.72. The number of piperidine rings is 1. The van der Waals surface area contributed by atoms with Crippen LogP contribution in [0.5, 0.6) is 0 Å². The van der Waals surface area contributed by atoms with Gasteiger partial charge >= 0.3 is 12.1 Å². The average molecular weight is 289 g/mol. The molecule has 0 aromatic rings. The van der Waals surface area contributed by atoms with Crippen LogP contribution < -0.4 is 0 Å². The Labute approximate surface area is 119 Å². The zero-order chi connectivity index (χ0) is 14.5. The van der Waals surface area contributed by atoms with Gasteiger partial charge in [0.25, 0.3) is 0 Å². The first-order chi connectivity index (χ1) is 8.83. The van der Waals surface area contributed by atoms with Gasteiger partial charge in [0.15, 0.2) is 0 Å². The van der Waals surface area contributed by atoms with Crippen LogP contribution in [0.2, 0.25) is 0 Å². The van der Waals surface area contributed by atoms with E-state index >= 15 is 0 Å². The zero-order valence-electron chi connectivity index (χ0n) is 12.1. The molecule has 1 saturated heterocycles. The molecule has 0 aromatic heterocycles. The summed E-state index contributed by atoms with van der Waals surface area (Å²) in [5.74, 6) is 0.148. The molecule has 0 aromatic carbocycles. The van der Waals surface area contributed by atoms with Crippen molar-refractivity contribution >= 4 is 23.8 Å². The second-order valence-electron chi connectivity index (χ2n) is 5.61. The molecule has 1 amide bonds. The van der Waals surface area contributed by atoms with Crippen LogP contribution in [0.25, 0.3) is 0 Å². The maximum Gasteiger partial charge on any atom is 0.410 e. The van der Waals surface area contributed by atoms with E-state index in [1.807, 2.05) is 27.0 Å². The van der Waals surface area contributed by atoms with Gasteiger partial charge in [0.2, 0.25) is 0 Å². The molecule has 0 unspecified atom stereocenters. The highest BCUT2D eigenvalue weighted by Crippen LogP contribution is 2.21. The van der Waals surface area contributed by atoms with Gasteiger partial charge in [-0.05, 0) is 39.9 Å². The van der Waals surface area contributed by atoms with Crippen LogP contribution in [0.1, 0.15) is 33.6 Å². The van der Waals surface area contributed by atoms with E-state index < -0.39 is 5.60 Å². The number of hydrogen-bond donors (Lipinski definition) is 0. The smallest absolute Gasteiger partial charge is 0.410 e. The maximum atomic E-state index is 11.8. The first-order valence-electron chi connectivity index (χ1n) is 6.47. The number of hydrogen-bond acceptors (Lipinski definition) is 5. The molecule has 110 valence electrons.